The van der Waals surface area contributed by atoms with E-state index in [0.29, 0.717) is 0 Å². The third kappa shape index (κ3) is 4.31. The summed E-state index contributed by atoms with van der Waals surface area (Å²) in [6, 6.07) is 19.5. The molecule has 176 valence electrons. The zero-order chi connectivity index (χ0) is 23.8. The van der Waals surface area contributed by atoms with Gasteiger partial charge in [0.2, 0.25) is 0 Å². The maximum atomic E-state index is 4.58. The lowest BCUT2D eigenvalue weighted by Gasteiger charge is -2.29. The van der Waals surface area contributed by atoms with Crippen LogP contribution in [0.25, 0.3) is 21.9 Å². The minimum atomic E-state index is 0.833. The second-order valence-corrected chi connectivity index (χ2v) is 9.28. The van der Waals surface area contributed by atoms with Crippen molar-refractivity contribution in [3.63, 3.8) is 0 Å². The van der Waals surface area contributed by atoms with E-state index < -0.39 is 0 Å². The summed E-state index contributed by atoms with van der Waals surface area (Å²) in [5.74, 6) is 0.833. The first-order valence-electron chi connectivity index (χ1n) is 12.1. The van der Waals surface area contributed by atoms with Crippen LogP contribution in [0.4, 0.5) is 17.2 Å². The molecule has 0 atom stereocenters. The van der Waals surface area contributed by atoms with Crippen LogP contribution < -0.4 is 15.5 Å². The summed E-state index contributed by atoms with van der Waals surface area (Å²) >= 11 is 0. The van der Waals surface area contributed by atoms with E-state index in [4.69, 9.17) is 0 Å². The number of aryl methyl sites for hydroxylation is 2. The van der Waals surface area contributed by atoms with Crippen molar-refractivity contribution in [2.75, 3.05) is 36.4 Å². The van der Waals surface area contributed by atoms with E-state index in [1.807, 2.05) is 17.9 Å². The van der Waals surface area contributed by atoms with Gasteiger partial charge in [0.05, 0.1) is 22.9 Å². The highest BCUT2D eigenvalue weighted by atomic mass is 15.2. The summed E-state index contributed by atoms with van der Waals surface area (Å²) in [6.07, 6.45) is 4.37. The van der Waals surface area contributed by atoms with E-state index >= 15 is 0 Å². The lowest BCUT2D eigenvalue weighted by molar-refractivity contribution is 0.589. The molecule has 6 rings (SSSR count). The highest BCUT2D eigenvalue weighted by molar-refractivity contribution is 5.93. The molecule has 1 saturated heterocycles. The van der Waals surface area contributed by atoms with Crippen molar-refractivity contribution in [3.05, 3.63) is 83.9 Å². The van der Waals surface area contributed by atoms with Gasteiger partial charge in [0.25, 0.3) is 0 Å². The highest BCUT2D eigenvalue weighted by Gasteiger charge is 2.13. The van der Waals surface area contributed by atoms with Gasteiger partial charge in [0, 0.05) is 50.0 Å². The summed E-state index contributed by atoms with van der Waals surface area (Å²) in [5.41, 5.74) is 9.20. The van der Waals surface area contributed by atoms with Crippen molar-refractivity contribution < 1.29 is 0 Å². The molecule has 0 saturated carbocycles. The number of piperazine rings is 1. The Labute approximate surface area is 204 Å². The molecule has 3 aromatic carbocycles. The SMILES string of the molecule is Cc1cc(Nc2ncnc3ccc(N4CCNCC4)cc23)ccc1Cc1ccc2c(c1)ncn2C. The minimum absolute atomic E-state index is 0.833. The number of hydrogen-bond acceptors (Lipinski definition) is 6. The topological polar surface area (TPSA) is 70.9 Å². The molecular weight excluding hydrogens is 434 g/mol. The molecule has 7 heteroatoms. The van der Waals surface area contributed by atoms with Crippen LogP contribution in [0.5, 0.6) is 0 Å². The van der Waals surface area contributed by atoms with Gasteiger partial charge in [-0.15, -0.1) is 0 Å². The Hall–Kier alpha value is -3.97. The van der Waals surface area contributed by atoms with Crippen molar-refractivity contribution >= 4 is 39.1 Å². The first kappa shape index (κ1) is 21.6. The predicted octanol–water partition coefficient (Wildman–Crippen LogP) is 4.57. The second kappa shape index (κ2) is 9.00. The predicted molar refractivity (Wildman–Crippen MR) is 143 cm³/mol. The van der Waals surface area contributed by atoms with Gasteiger partial charge in [-0.1, -0.05) is 12.1 Å². The molecule has 0 amide bonds. The molecule has 1 aliphatic rings. The zero-order valence-corrected chi connectivity index (χ0v) is 20.1. The van der Waals surface area contributed by atoms with Crippen molar-refractivity contribution in [1.82, 2.24) is 24.8 Å². The van der Waals surface area contributed by atoms with E-state index in [1.54, 1.807) is 6.33 Å². The summed E-state index contributed by atoms with van der Waals surface area (Å²) in [7, 11) is 2.03. The molecule has 5 aromatic rings. The van der Waals surface area contributed by atoms with Crippen LogP contribution in [-0.4, -0.2) is 45.7 Å². The van der Waals surface area contributed by atoms with Crippen molar-refractivity contribution in [2.45, 2.75) is 13.3 Å². The summed E-state index contributed by atoms with van der Waals surface area (Å²) in [5, 5.41) is 7.99. The number of fused-ring (bicyclic) bond motifs is 2. The van der Waals surface area contributed by atoms with E-state index in [2.05, 4.69) is 92.0 Å². The fourth-order valence-corrected chi connectivity index (χ4v) is 4.88. The smallest absolute Gasteiger partial charge is 0.141 e. The van der Waals surface area contributed by atoms with Crippen molar-refractivity contribution in [2.24, 2.45) is 7.05 Å². The van der Waals surface area contributed by atoms with Crippen LogP contribution >= 0.6 is 0 Å². The first-order chi connectivity index (χ1) is 17.1. The number of hydrogen-bond donors (Lipinski definition) is 2. The Morgan fingerprint density at radius 1 is 0.914 bits per heavy atom. The number of benzene rings is 3. The number of anilines is 3. The number of nitrogens with zero attached hydrogens (tertiary/aromatic N) is 5. The molecule has 3 heterocycles. The van der Waals surface area contributed by atoms with E-state index in [9.17, 15) is 0 Å². The molecular formula is C28H29N7. The average molecular weight is 464 g/mol. The lowest BCUT2D eigenvalue weighted by atomic mass is 9.99. The molecule has 0 bridgehead atoms. The molecule has 35 heavy (non-hydrogen) atoms. The van der Waals surface area contributed by atoms with Gasteiger partial charge >= 0.3 is 0 Å². The highest BCUT2D eigenvalue weighted by Crippen LogP contribution is 2.29. The van der Waals surface area contributed by atoms with Crippen LogP contribution in [0.3, 0.4) is 0 Å². The molecule has 0 spiro atoms. The molecule has 0 aliphatic carbocycles. The van der Waals surface area contributed by atoms with E-state index in [0.717, 1.165) is 66.0 Å². The Balaban J connectivity index is 1.25. The third-order valence-electron chi connectivity index (χ3n) is 6.89. The Morgan fingerprint density at radius 3 is 2.66 bits per heavy atom. The van der Waals surface area contributed by atoms with Gasteiger partial charge in [-0.2, -0.15) is 0 Å². The van der Waals surface area contributed by atoms with Crippen LogP contribution in [-0.2, 0) is 13.5 Å². The van der Waals surface area contributed by atoms with Crippen LogP contribution in [0.1, 0.15) is 16.7 Å². The van der Waals surface area contributed by atoms with E-state index in [1.165, 1.54) is 22.4 Å². The van der Waals surface area contributed by atoms with Gasteiger partial charge in [-0.3, -0.25) is 0 Å². The monoisotopic (exact) mass is 463 g/mol. The van der Waals surface area contributed by atoms with E-state index in [-0.39, 0.29) is 0 Å². The van der Waals surface area contributed by atoms with Gasteiger partial charge in [-0.05, 0) is 72.5 Å². The number of imidazole rings is 1. The zero-order valence-electron chi connectivity index (χ0n) is 20.1. The standard InChI is InChI=1S/C28H29N7/c1-19-13-22(5-4-21(19)14-20-3-8-27-26(15-20)32-18-34(27)2)33-28-24-16-23(35-11-9-29-10-12-35)6-7-25(24)30-17-31-28/h3-8,13,15-18,29H,9-12,14H2,1-2H3,(H,30,31,33). The van der Waals surface area contributed by atoms with Crippen LogP contribution in [0, 0.1) is 6.92 Å². The average Bonchev–Trinajstić information content (AvgIpc) is 3.26. The Morgan fingerprint density at radius 2 is 1.80 bits per heavy atom. The molecule has 0 unspecified atom stereocenters. The minimum Gasteiger partial charge on any atom is -0.369 e. The van der Waals surface area contributed by atoms with Crippen LogP contribution in [0.15, 0.2) is 67.3 Å². The second-order valence-electron chi connectivity index (χ2n) is 9.28. The summed E-state index contributed by atoms with van der Waals surface area (Å²) < 4.78 is 2.05. The quantitative estimate of drug-likeness (QED) is 0.398. The number of nitrogens with one attached hydrogen (secondary N) is 2. The maximum absolute atomic E-state index is 4.58. The number of rotatable bonds is 5. The lowest BCUT2D eigenvalue weighted by Crippen LogP contribution is -2.43. The molecule has 1 fully saturated rings. The fraction of sp³-hybridized carbons (Fsp3) is 0.250. The summed E-state index contributed by atoms with van der Waals surface area (Å²) in [6.45, 7) is 6.21. The van der Waals surface area contributed by atoms with Gasteiger partial charge in [0.1, 0.15) is 12.1 Å². The van der Waals surface area contributed by atoms with Crippen molar-refractivity contribution in [1.29, 1.82) is 0 Å². The molecule has 2 aromatic heterocycles. The largest absolute Gasteiger partial charge is 0.369 e. The molecule has 2 N–H and O–H groups in total. The normalized spacial score (nSPS) is 14.1. The van der Waals surface area contributed by atoms with Crippen LogP contribution in [0.2, 0.25) is 0 Å². The summed E-state index contributed by atoms with van der Waals surface area (Å²) in [4.78, 5) is 16.0. The Kier molecular flexibility index (Phi) is 5.54. The third-order valence-corrected chi connectivity index (χ3v) is 6.89. The van der Waals surface area contributed by atoms with Gasteiger partial charge in [0.15, 0.2) is 0 Å². The molecule has 1 aliphatic heterocycles. The first-order valence-corrected chi connectivity index (χ1v) is 12.1. The molecule has 7 nitrogen and oxygen atoms in total. The fourth-order valence-electron chi connectivity index (χ4n) is 4.88. The molecule has 0 radical (unpaired) electrons. The number of aromatic nitrogens is 4. The van der Waals surface area contributed by atoms with Gasteiger partial charge < -0.3 is 20.1 Å². The van der Waals surface area contributed by atoms with Crippen molar-refractivity contribution in [3.8, 4) is 0 Å². The van der Waals surface area contributed by atoms with Gasteiger partial charge in [-0.25, -0.2) is 15.0 Å². The Bertz CT molecular complexity index is 1520. The maximum Gasteiger partial charge on any atom is 0.141 e.